The third-order valence-corrected chi connectivity index (χ3v) is 5.43. The van der Waals surface area contributed by atoms with E-state index in [-0.39, 0.29) is 17.0 Å². The van der Waals surface area contributed by atoms with E-state index in [1.807, 2.05) is 0 Å². The molecule has 0 aliphatic carbocycles. The maximum atomic E-state index is 13.3. The molecule has 1 atom stereocenters. The Kier molecular flexibility index (Phi) is 6.41. The zero-order chi connectivity index (χ0) is 25.4. The van der Waals surface area contributed by atoms with Crippen molar-refractivity contribution in [2.45, 2.75) is 26.1 Å². The summed E-state index contributed by atoms with van der Waals surface area (Å²) >= 11 is 0. The number of ether oxygens (including phenoxy) is 1. The van der Waals surface area contributed by atoms with Gasteiger partial charge in [0.2, 0.25) is 5.96 Å². The lowest BCUT2D eigenvalue weighted by Gasteiger charge is -2.43. The number of urea groups is 1. The first-order valence-electron chi connectivity index (χ1n) is 9.93. The molecule has 2 aromatic rings. The number of terminal acetylenes is 1. The molecule has 34 heavy (non-hydrogen) atoms. The summed E-state index contributed by atoms with van der Waals surface area (Å²) in [7, 11) is 1.13. The highest BCUT2D eigenvalue weighted by atomic mass is 19.4. The molecule has 176 valence electrons. The molecule has 1 heterocycles. The number of carbonyl (C=O) groups is 2. The van der Waals surface area contributed by atoms with Gasteiger partial charge in [0.1, 0.15) is 6.04 Å². The number of benzene rings is 2. The summed E-state index contributed by atoms with van der Waals surface area (Å²) in [6, 6.07) is 6.81. The average molecular weight is 470 g/mol. The molecule has 3 rings (SSSR count). The van der Waals surface area contributed by atoms with Crippen molar-refractivity contribution in [1.82, 2.24) is 4.90 Å². The molecule has 7 nitrogen and oxygen atoms in total. The highest BCUT2D eigenvalue weighted by Crippen LogP contribution is 2.41. The van der Waals surface area contributed by atoms with Crippen LogP contribution in [0.5, 0.6) is 0 Å². The molecule has 0 fully saturated rings. The first-order valence-corrected chi connectivity index (χ1v) is 9.93. The van der Waals surface area contributed by atoms with E-state index in [4.69, 9.17) is 22.3 Å². The van der Waals surface area contributed by atoms with Crippen LogP contribution in [-0.2, 0) is 15.7 Å². The van der Waals surface area contributed by atoms with Crippen molar-refractivity contribution in [3.63, 3.8) is 0 Å². The number of alkyl halides is 3. The maximum absolute atomic E-state index is 13.3. The quantitative estimate of drug-likeness (QED) is 0.516. The molecular weight excluding hydrogens is 449 g/mol. The Morgan fingerprint density at radius 1 is 1.18 bits per heavy atom. The minimum atomic E-state index is -4.65. The number of nitrogens with zero attached hydrogens (tertiary/aromatic N) is 2. The molecule has 0 aromatic heterocycles. The van der Waals surface area contributed by atoms with Gasteiger partial charge in [0.15, 0.2) is 0 Å². The smallest absolute Gasteiger partial charge is 0.416 e. The van der Waals surface area contributed by atoms with Gasteiger partial charge in [-0.15, -0.1) is 6.42 Å². The molecule has 0 saturated carbocycles. The van der Waals surface area contributed by atoms with Crippen LogP contribution in [-0.4, -0.2) is 30.0 Å². The number of primary amides is 1. The van der Waals surface area contributed by atoms with E-state index in [1.54, 1.807) is 25.1 Å². The van der Waals surface area contributed by atoms with E-state index >= 15 is 0 Å². The molecule has 0 radical (unpaired) electrons. The Balaban J connectivity index is 2.35. The number of guanidine groups is 1. The van der Waals surface area contributed by atoms with E-state index in [2.05, 4.69) is 5.92 Å². The monoisotopic (exact) mass is 470 g/mol. The molecule has 0 saturated heterocycles. The number of halogens is 3. The van der Waals surface area contributed by atoms with Crippen molar-refractivity contribution in [3.8, 4) is 12.3 Å². The van der Waals surface area contributed by atoms with Crippen LogP contribution >= 0.6 is 0 Å². The van der Waals surface area contributed by atoms with Crippen molar-refractivity contribution in [3.05, 3.63) is 76.0 Å². The lowest BCUT2D eigenvalue weighted by atomic mass is 9.89. The zero-order valence-electron chi connectivity index (χ0n) is 18.5. The van der Waals surface area contributed by atoms with Gasteiger partial charge in [-0.3, -0.25) is 15.2 Å². The van der Waals surface area contributed by atoms with Gasteiger partial charge in [-0.1, -0.05) is 24.1 Å². The van der Waals surface area contributed by atoms with Gasteiger partial charge < -0.3 is 10.5 Å². The van der Waals surface area contributed by atoms with Crippen LogP contribution in [0.25, 0.3) is 0 Å². The van der Waals surface area contributed by atoms with Gasteiger partial charge in [0, 0.05) is 16.9 Å². The maximum Gasteiger partial charge on any atom is 0.416 e. The number of aryl methyl sites for hydroxylation is 1. The first-order chi connectivity index (χ1) is 15.9. The van der Waals surface area contributed by atoms with E-state index in [0.29, 0.717) is 11.1 Å². The Bertz CT molecular complexity index is 1260. The lowest BCUT2D eigenvalue weighted by molar-refractivity contribution is -0.138. The zero-order valence-corrected chi connectivity index (χ0v) is 18.5. The van der Waals surface area contributed by atoms with E-state index in [1.165, 1.54) is 13.0 Å². The largest absolute Gasteiger partial charge is 0.466 e. The summed E-state index contributed by atoms with van der Waals surface area (Å²) < 4.78 is 44.9. The second-order valence-corrected chi connectivity index (χ2v) is 7.54. The second kappa shape index (κ2) is 8.94. The predicted octanol–water partition coefficient (Wildman–Crippen LogP) is 4.32. The SMILES string of the molecule is C#Cc1cc(C)ccc1C1C(C(=O)OC)=C(C)N(c2cccc(C(F)(F)F)c2)C(=N)N1C(N)=O. The van der Waals surface area contributed by atoms with Gasteiger partial charge in [-0.05, 0) is 49.2 Å². The Morgan fingerprint density at radius 3 is 2.41 bits per heavy atom. The lowest BCUT2D eigenvalue weighted by Crippen LogP contribution is -2.55. The topological polar surface area (TPSA) is 99.7 Å². The Morgan fingerprint density at radius 2 is 1.85 bits per heavy atom. The normalized spacial score (nSPS) is 16.4. The summed E-state index contributed by atoms with van der Waals surface area (Å²) in [6.07, 6.45) is 1.01. The van der Waals surface area contributed by atoms with Crippen molar-refractivity contribution < 1.29 is 27.5 Å². The van der Waals surface area contributed by atoms with Crippen molar-refractivity contribution in [1.29, 1.82) is 5.41 Å². The van der Waals surface area contributed by atoms with Crippen LogP contribution < -0.4 is 10.6 Å². The summed E-state index contributed by atoms with van der Waals surface area (Å²) in [4.78, 5) is 27.3. The number of hydrogen-bond acceptors (Lipinski definition) is 4. The number of anilines is 1. The highest BCUT2D eigenvalue weighted by Gasteiger charge is 2.44. The highest BCUT2D eigenvalue weighted by molar-refractivity contribution is 6.10. The summed E-state index contributed by atoms with van der Waals surface area (Å²) in [5.74, 6) is 1.09. The minimum absolute atomic E-state index is 0.0854. The number of rotatable bonds is 3. The average Bonchev–Trinajstić information content (AvgIpc) is 2.77. The van der Waals surface area contributed by atoms with E-state index in [9.17, 15) is 22.8 Å². The first kappa shape index (κ1) is 24.4. The summed E-state index contributed by atoms with van der Waals surface area (Å²) in [5.41, 5.74) is 6.04. The van der Waals surface area contributed by atoms with Crippen LogP contribution in [0, 0.1) is 24.7 Å². The number of nitrogens with one attached hydrogen (secondary N) is 1. The summed E-state index contributed by atoms with van der Waals surface area (Å²) in [6.45, 7) is 3.24. The van der Waals surface area contributed by atoms with E-state index < -0.39 is 35.7 Å². The van der Waals surface area contributed by atoms with Gasteiger partial charge >= 0.3 is 18.2 Å². The number of nitrogens with two attached hydrogens (primary N) is 1. The van der Waals surface area contributed by atoms with E-state index in [0.717, 1.165) is 40.7 Å². The minimum Gasteiger partial charge on any atom is -0.466 e. The molecule has 10 heteroatoms. The summed E-state index contributed by atoms with van der Waals surface area (Å²) in [5, 5.41) is 8.70. The van der Waals surface area contributed by atoms with Crippen LogP contribution in [0.15, 0.2) is 53.7 Å². The number of carbonyl (C=O) groups excluding carboxylic acids is 2. The van der Waals surface area contributed by atoms with Crippen molar-refractivity contribution in [2.75, 3.05) is 12.0 Å². The number of esters is 1. The van der Waals surface area contributed by atoms with Gasteiger partial charge in [-0.25, -0.2) is 9.59 Å². The number of methoxy groups -OCH3 is 1. The van der Waals surface area contributed by atoms with Crippen LogP contribution in [0.3, 0.4) is 0 Å². The molecule has 0 bridgehead atoms. The number of hydrogen-bond donors (Lipinski definition) is 2. The third kappa shape index (κ3) is 4.20. The second-order valence-electron chi connectivity index (χ2n) is 7.54. The van der Waals surface area contributed by atoms with Crippen molar-refractivity contribution >= 4 is 23.6 Å². The van der Waals surface area contributed by atoms with Crippen LogP contribution in [0.1, 0.15) is 35.2 Å². The molecule has 1 aliphatic heterocycles. The van der Waals surface area contributed by atoms with Crippen molar-refractivity contribution in [2.24, 2.45) is 5.73 Å². The fraction of sp³-hybridized carbons (Fsp3) is 0.208. The predicted molar refractivity (Wildman–Crippen MR) is 120 cm³/mol. The molecule has 3 N–H and O–H groups in total. The van der Waals surface area contributed by atoms with Gasteiger partial charge in [0.25, 0.3) is 0 Å². The Hall–Kier alpha value is -4.26. The fourth-order valence-electron chi connectivity index (χ4n) is 3.90. The fourth-order valence-corrected chi connectivity index (χ4v) is 3.90. The van der Waals surface area contributed by atoms with Gasteiger partial charge in [-0.2, -0.15) is 13.2 Å². The standard InChI is InChI=1S/C24H21F3N4O3/c1-5-15-11-13(2)9-10-18(15)20-19(21(32)34-4)14(3)30(22(28)31(20)23(29)33)17-8-6-7-16(12-17)24(25,26)27/h1,6-12,20,28H,2-4H3,(H2,29,33). The Labute approximate surface area is 194 Å². The third-order valence-electron chi connectivity index (χ3n) is 5.43. The van der Waals surface area contributed by atoms with Gasteiger partial charge in [0.05, 0.1) is 18.2 Å². The van der Waals surface area contributed by atoms with Crippen LogP contribution in [0.2, 0.25) is 0 Å². The molecule has 2 aromatic carbocycles. The molecule has 1 aliphatic rings. The number of allylic oxidation sites excluding steroid dienone is 1. The molecule has 1 unspecified atom stereocenters. The molecule has 2 amide bonds. The molecule has 0 spiro atoms. The molecular formula is C24H21F3N4O3. The van der Waals surface area contributed by atoms with Crippen LogP contribution in [0.4, 0.5) is 23.7 Å². The number of amides is 2.